The molecule has 5 heteroatoms. The lowest BCUT2D eigenvalue weighted by molar-refractivity contribution is -0.148. The van der Waals surface area contributed by atoms with Gasteiger partial charge in [-0.05, 0) is 39.5 Å². The van der Waals surface area contributed by atoms with Crippen molar-refractivity contribution in [2.45, 2.75) is 71.9 Å². The third-order valence-corrected chi connectivity index (χ3v) is 3.61. The Hall–Kier alpha value is -1.26. The van der Waals surface area contributed by atoms with Crippen LogP contribution in [0.1, 0.15) is 60.3 Å². The molecule has 0 aromatic rings. The zero-order chi connectivity index (χ0) is 16.0. The van der Waals surface area contributed by atoms with Crippen molar-refractivity contribution in [2.75, 3.05) is 13.2 Å². The first-order valence-electron chi connectivity index (χ1n) is 7.94. The second kappa shape index (κ2) is 7.66. The molecule has 21 heavy (non-hydrogen) atoms. The molecule has 2 atom stereocenters. The number of ether oxygens (including phenoxy) is 2. The van der Waals surface area contributed by atoms with Gasteiger partial charge in [-0.1, -0.05) is 26.7 Å². The molecule has 1 fully saturated rings. The molecule has 5 nitrogen and oxygen atoms in total. The number of nitrogens with zero attached hydrogens (tertiary/aromatic N) is 1. The lowest BCUT2D eigenvalue weighted by Crippen LogP contribution is -2.44. The molecule has 0 aromatic heterocycles. The Balaban J connectivity index is 2.69. The smallest absolute Gasteiger partial charge is 0.411 e. The van der Waals surface area contributed by atoms with Gasteiger partial charge >= 0.3 is 12.1 Å². The SMILES string of the molecule is CCCCOC(=O)[C@@H]1CC(CC)CN1C(=O)OC(C)(C)C. The molecule has 0 bridgehead atoms. The van der Waals surface area contributed by atoms with Gasteiger partial charge in [-0.25, -0.2) is 9.59 Å². The summed E-state index contributed by atoms with van der Waals surface area (Å²) < 4.78 is 10.7. The summed E-state index contributed by atoms with van der Waals surface area (Å²) in [6.45, 7) is 10.6. The lowest BCUT2D eigenvalue weighted by atomic mass is 10.0. The first-order chi connectivity index (χ1) is 9.78. The molecule has 1 unspecified atom stereocenters. The van der Waals surface area contributed by atoms with Crippen LogP contribution >= 0.6 is 0 Å². The van der Waals surface area contributed by atoms with E-state index < -0.39 is 17.7 Å². The van der Waals surface area contributed by atoms with E-state index in [1.165, 1.54) is 4.90 Å². The maximum absolute atomic E-state index is 12.3. The predicted octanol–water partition coefficient (Wildman–Crippen LogP) is 3.37. The van der Waals surface area contributed by atoms with Crippen molar-refractivity contribution in [3.8, 4) is 0 Å². The highest BCUT2D eigenvalue weighted by atomic mass is 16.6. The van der Waals surface area contributed by atoms with Crippen LogP contribution in [0.4, 0.5) is 4.79 Å². The van der Waals surface area contributed by atoms with Crippen molar-refractivity contribution >= 4 is 12.1 Å². The number of carbonyl (C=O) groups is 2. The van der Waals surface area contributed by atoms with Crippen LogP contribution < -0.4 is 0 Å². The summed E-state index contributed by atoms with van der Waals surface area (Å²) in [7, 11) is 0. The van der Waals surface area contributed by atoms with Gasteiger partial charge in [0.25, 0.3) is 0 Å². The molecule has 1 aliphatic rings. The third-order valence-electron chi connectivity index (χ3n) is 3.61. The van der Waals surface area contributed by atoms with E-state index in [1.54, 1.807) is 0 Å². The van der Waals surface area contributed by atoms with Gasteiger partial charge in [0, 0.05) is 6.54 Å². The highest BCUT2D eigenvalue weighted by molar-refractivity contribution is 5.82. The normalized spacial score (nSPS) is 22.2. The van der Waals surface area contributed by atoms with E-state index in [9.17, 15) is 9.59 Å². The zero-order valence-electron chi connectivity index (χ0n) is 14.0. The molecule has 0 spiro atoms. The maximum atomic E-state index is 12.3. The minimum Gasteiger partial charge on any atom is -0.464 e. The van der Waals surface area contributed by atoms with Gasteiger partial charge in [0.05, 0.1) is 6.61 Å². The quantitative estimate of drug-likeness (QED) is 0.577. The fourth-order valence-electron chi connectivity index (χ4n) is 2.38. The second-order valence-electron chi connectivity index (χ2n) is 6.68. The molecule has 0 radical (unpaired) electrons. The molecule has 122 valence electrons. The first-order valence-corrected chi connectivity index (χ1v) is 7.94. The first kappa shape index (κ1) is 17.8. The number of likely N-dealkylation sites (tertiary alicyclic amines) is 1. The molecule has 1 amide bonds. The van der Waals surface area contributed by atoms with E-state index in [0.29, 0.717) is 25.5 Å². The van der Waals surface area contributed by atoms with E-state index in [-0.39, 0.29) is 5.97 Å². The van der Waals surface area contributed by atoms with Crippen molar-refractivity contribution in [1.29, 1.82) is 0 Å². The number of esters is 1. The summed E-state index contributed by atoms with van der Waals surface area (Å²) in [5.74, 6) is 0.0338. The standard InChI is InChI=1S/C16H29NO4/c1-6-8-9-20-14(18)13-10-12(7-2)11-17(13)15(19)21-16(3,4)5/h12-13H,6-11H2,1-5H3/t12?,13-/m0/s1. The van der Waals surface area contributed by atoms with Crippen molar-refractivity contribution in [2.24, 2.45) is 5.92 Å². The largest absolute Gasteiger partial charge is 0.464 e. The van der Waals surface area contributed by atoms with Crippen LogP contribution in [0.2, 0.25) is 0 Å². The Kier molecular flexibility index (Phi) is 6.49. The highest BCUT2D eigenvalue weighted by Gasteiger charge is 2.41. The predicted molar refractivity (Wildman–Crippen MR) is 81.0 cm³/mol. The van der Waals surface area contributed by atoms with Gasteiger partial charge in [0.15, 0.2) is 0 Å². The number of carbonyl (C=O) groups excluding carboxylic acids is 2. The number of unbranched alkanes of at least 4 members (excludes halogenated alkanes) is 1. The van der Waals surface area contributed by atoms with Crippen molar-refractivity contribution in [3.05, 3.63) is 0 Å². The van der Waals surface area contributed by atoms with E-state index in [0.717, 1.165) is 19.3 Å². The Morgan fingerprint density at radius 2 is 1.90 bits per heavy atom. The second-order valence-corrected chi connectivity index (χ2v) is 6.68. The summed E-state index contributed by atoms with van der Waals surface area (Å²) >= 11 is 0. The third kappa shape index (κ3) is 5.56. The summed E-state index contributed by atoms with van der Waals surface area (Å²) in [6.07, 6.45) is 3.02. The van der Waals surface area contributed by atoms with Crippen molar-refractivity contribution < 1.29 is 19.1 Å². The zero-order valence-corrected chi connectivity index (χ0v) is 14.0. The van der Waals surface area contributed by atoms with E-state index >= 15 is 0 Å². The van der Waals surface area contributed by atoms with Gasteiger partial charge < -0.3 is 9.47 Å². The fourth-order valence-corrected chi connectivity index (χ4v) is 2.38. The molecule has 1 heterocycles. The summed E-state index contributed by atoms with van der Waals surface area (Å²) in [6, 6.07) is -0.498. The number of hydrogen-bond acceptors (Lipinski definition) is 4. The van der Waals surface area contributed by atoms with Crippen LogP contribution in [0.3, 0.4) is 0 Å². The van der Waals surface area contributed by atoms with Crippen LogP contribution in [-0.4, -0.2) is 41.8 Å². The Morgan fingerprint density at radius 1 is 1.24 bits per heavy atom. The minimum absolute atomic E-state index is 0.301. The summed E-state index contributed by atoms with van der Waals surface area (Å²) in [5.41, 5.74) is -0.557. The number of hydrogen-bond donors (Lipinski definition) is 0. The molecule has 1 saturated heterocycles. The van der Waals surface area contributed by atoms with E-state index in [2.05, 4.69) is 6.92 Å². The lowest BCUT2D eigenvalue weighted by Gasteiger charge is -2.27. The fraction of sp³-hybridized carbons (Fsp3) is 0.875. The van der Waals surface area contributed by atoms with Crippen LogP contribution in [0, 0.1) is 5.92 Å². The molecular weight excluding hydrogens is 270 g/mol. The number of rotatable bonds is 5. The van der Waals surface area contributed by atoms with Crippen molar-refractivity contribution in [1.82, 2.24) is 4.90 Å². The molecule has 1 aliphatic heterocycles. The molecule has 0 N–H and O–H groups in total. The minimum atomic E-state index is -0.557. The average molecular weight is 299 g/mol. The molecule has 0 aromatic carbocycles. The Labute approximate surface area is 128 Å². The Morgan fingerprint density at radius 3 is 2.43 bits per heavy atom. The van der Waals surface area contributed by atoms with Gasteiger partial charge in [0.1, 0.15) is 11.6 Å². The van der Waals surface area contributed by atoms with E-state index in [4.69, 9.17) is 9.47 Å². The van der Waals surface area contributed by atoms with Gasteiger partial charge in [-0.3, -0.25) is 4.90 Å². The average Bonchev–Trinajstić information content (AvgIpc) is 2.81. The maximum Gasteiger partial charge on any atom is 0.411 e. The highest BCUT2D eigenvalue weighted by Crippen LogP contribution is 2.28. The van der Waals surface area contributed by atoms with Crippen molar-refractivity contribution in [3.63, 3.8) is 0 Å². The Bertz CT molecular complexity index is 362. The van der Waals surface area contributed by atoms with Crippen LogP contribution in [0.5, 0.6) is 0 Å². The molecule has 0 saturated carbocycles. The van der Waals surface area contributed by atoms with Crippen LogP contribution in [0.25, 0.3) is 0 Å². The van der Waals surface area contributed by atoms with Gasteiger partial charge in [-0.15, -0.1) is 0 Å². The van der Waals surface area contributed by atoms with Gasteiger partial charge in [0.2, 0.25) is 0 Å². The van der Waals surface area contributed by atoms with Gasteiger partial charge in [-0.2, -0.15) is 0 Å². The molecular formula is C16H29NO4. The molecule has 1 rings (SSSR count). The summed E-state index contributed by atoms with van der Waals surface area (Å²) in [4.78, 5) is 26.0. The topological polar surface area (TPSA) is 55.8 Å². The van der Waals surface area contributed by atoms with E-state index in [1.807, 2.05) is 27.7 Å². The molecule has 0 aliphatic carbocycles. The van der Waals surface area contributed by atoms with Crippen LogP contribution in [0.15, 0.2) is 0 Å². The monoisotopic (exact) mass is 299 g/mol. The number of amides is 1. The summed E-state index contributed by atoms with van der Waals surface area (Å²) in [5, 5.41) is 0. The van der Waals surface area contributed by atoms with Crippen LogP contribution in [-0.2, 0) is 14.3 Å².